The number of fused-ring (bicyclic) bond motifs is 1. The van der Waals surface area contributed by atoms with E-state index in [1.807, 2.05) is 25.1 Å². The number of anilines is 1. The van der Waals surface area contributed by atoms with Gasteiger partial charge in [0.05, 0.1) is 16.3 Å². The molecule has 4 aromatic rings. The summed E-state index contributed by atoms with van der Waals surface area (Å²) in [5.41, 5.74) is 1.60. The molecule has 0 amide bonds. The van der Waals surface area contributed by atoms with E-state index in [1.165, 1.54) is 4.52 Å². The van der Waals surface area contributed by atoms with Crippen molar-refractivity contribution in [2.75, 3.05) is 11.9 Å². The van der Waals surface area contributed by atoms with E-state index in [1.54, 1.807) is 48.8 Å². The van der Waals surface area contributed by atoms with Gasteiger partial charge >= 0.3 is 0 Å². The Morgan fingerprint density at radius 2 is 1.74 bits per heavy atom. The normalized spacial score (nSPS) is 11.6. The molecular weight excluding hydrogens is 362 g/mol. The quantitative estimate of drug-likeness (QED) is 0.573. The lowest BCUT2D eigenvalue weighted by Gasteiger charge is -2.06. The SMILES string of the molecule is CCNc1nn2c(-c3ccccn3)ccnc2c1S(=O)(=O)c1ccccc1. The topological polar surface area (TPSA) is 89.2 Å². The van der Waals surface area contributed by atoms with Gasteiger partial charge in [0.1, 0.15) is 0 Å². The van der Waals surface area contributed by atoms with E-state index in [0.717, 1.165) is 0 Å². The minimum Gasteiger partial charge on any atom is -0.368 e. The molecule has 1 aromatic carbocycles. The molecule has 1 N–H and O–H groups in total. The molecular formula is C19H17N5O2S. The summed E-state index contributed by atoms with van der Waals surface area (Å²) in [7, 11) is -3.80. The highest BCUT2D eigenvalue weighted by molar-refractivity contribution is 7.91. The first-order valence-corrected chi connectivity index (χ1v) is 9.94. The first-order valence-electron chi connectivity index (χ1n) is 8.46. The predicted octanol–water partition coefficient (Wildman–Crippen LogP) is 3.06. The summed E-state index contributed by atoms with van der Waals surface area (Å²) in [5.74, 6) is 0.275. The Balaban J connectivity index is 2.02. The molecule has 0 bridgehead atoms. The van der Waals surface area contributed by atoms with Crippen LogP contribution in [0.4, 0.5) is 5.82 Å². The first-order chi connectivity index (χ1) is 13.1. The fourth-order valence-electron chi connectivity index (χ4n) is 2.88. The van der Waals surface area contributed by atoms with Crippen LogP contribution in [0.15, 0.2) is 76.8 Å². The van der Waals surface area contributed by atoms with Crippen molar-refractivity contribution in [2.24, 2.45) is 0 Å². The Bertz CT molecular complexity index is 1190. The van der Waals surface area contributed by atoms with Gasteiger partial charge in [0.15, 0.2) is 16.4 Å². The van der Waals surface area contributed by atoms with Crippen molar-refractivity contribution in [3.63, 3.8) is 0 Å². The predicted molar refractivity (Wildman–Crippen MR) is 102 cm³/mol. The van der Waals surface area contributed by atoms with Gasteiger partial charge in [-0.1, -0.05) is 24.3 Å². The third-order valence-electron chi connectivity index (χ3n) is 4.07. The van der Waals surface area contributed by atoms with Gasteiger partial charge < -0.3 is 5.32 Å². The molecule has 0 saturated carbocycles. The summed E-state index contributed by atoms with van der Waals surface area (Å²) in [5, 5.41) is 7.54. The Morgan fingerprint density at radius 3 is 2.44 bits per heavy atom. The van der Waals surface area contributed by atoms with Gasteiger partial charge in [-0.3, -0.25) is 4.98 Å². The van der Waals surface area contributed by atoms with E-state index in [-0.39, 0.29) is 21.3 Å². The minimum absolute atomic E-state index is 0.0633. The van der Waals surface area contributed by atoms with Crippen LogP contribution in [0.5, 0.6) is 0 Å². The zero-order chi connectivity index (χ0) is 18.9. The molecule has 0 atom stereocenters. The molecule has 0 saturated heterocycles. The Labute approximate surface area is 156 Å². The summed E-state index contributed by atoms with van der Waals surface area (Å²) in [4.78, 5) is 8.92. The van der Waals surface area contributed by atoms with Crippen LogP contribution < -0.4 is 5.32 Å². The fraction of sp³-hybridized carbons (Fsp3) is 0.105. The van der Waals surface area contributed by atoms with E-state index in [2.05, 4.69) is 20.4 Å². The van der Waals surface area contributed by atoms with Gasteiger partial charge in [-0.05, 0) is 37.3 Å². The minimum atomic E-state index is -3.80. The summed E-state index contributed by atoms with van der Waals surface area (Å²) in [6.45, 7) is 2.41. The van der Waals surface area contributed by atoms with Crippen LogP contribution in [-0.2, 0) is 9.84 Å². The van der Waals surface area contributed by atoms with Crippen molar-refractivity contribution < 1.29 is 8.42 Å². The van der Waals surface area contributed by atoms with Gasteiger partial charge in [-0.25, -0.2) is 17.9 Å². The molecule has 8 heteroatoms. The van der Waals surface area contributed by atoms with Gasteiger partial charge in [0.2, 0.25) is 9.84 Å². The monoisotopic (exact) mass is 379 g/mol. The Hall–Kier alpha value is -3.26. The van der Waals surface area contributed by atoms with Crippen molar-refractivity contribution in [1.29, 1.82) is 0 Å². The van der Waals surface area contributed by atoms with E-state index in [4.69, 9.17) is 0 Å². The standard InChI is InChI=1S/C19H17N5O2S/c1-2-20-18-17(27(25,26)14-8-4-3-5-9-14)19-22-13-11-16(24(19)23-18)15-10-6-7-12-21-15/h3-13H,2H2,1H3,(H,20,23). The Kier molecular flexibility index (Phi) is 4.33. The number of aromatic nitrogens is 4. The van der Waals surface area contributed by atoms with Crippen molar-refractivity contribution >= 4 is 21.3 Å². The van der Waals surface area contributed by atoms with Gasteiger partial charge in [0.25, 0.3) is 0 Å². The fourth-order valence-corrected chi connectivity index (χ4v) is 4.38. The van der Waals surface area contributed by atoms with Gasteiger partial charge in [-0.15, -0.1) is 5.10 Å². The van der Waals surface area contributed by atoms with Crippen LogP contribution in [0.3, 0.4) is 0 Å². The highest BCUT2D eigenvalue weighted by atomic mass is 32.2. The Morgan fingerprint density at radius 1 is 0.963 bits per heavy atom. The van der Waals surface area contributed by atoms with Crippen molar-refractivity contribution in [1.82, 2.24) is 19.6 Å². The third-order valence-corrected chi connectivity index (χ3v) is 5.88. The number of nitrogens with zero attached hydrogens (tertiary/aromatic N) is 4. The van der Waals surface area contributed by atoms with Crippen LogP contribution in [0.2, 0.25) is 0 Å². The smallest absolute Gasteiger partial charge is 0.214 e. The number of benzene rings is 1. The molecule has 3 heterocycles. The van der Waals surface area contributed by atoms with E-state index >= 15 is 0 Å². The number of rotatable bonds is 5. The molecule has 0 unspecified atom stereocenters. The van der Waals surface area contributed by atoms with Crippen LogP contribution in [-0.4, -0.2) is 34.5 Å². The molecule has 0 aliphatic carbocycles. The number of hydrogen-bond acceptors (Lipinski definition) is 6. The molecule has 27 heavy (non-hydrogen) atoms. The molecule has 0 radical (unpaired) electrons. The van der Waals surface area contributed by atoms with Crippen LogP contribution >= 0.6 is 0 Å². The molecule has 0 spiro atoms. The van der Waals surface area contributed by atoms with Crippen molar-refractivity contribution in [2.45, 2.75) is 16.7 Å². The average molecular weight is 379 g/mol. The number of sulfone groups is 1. The van der Waals surface area contributed by atoms with Crippen molar-refractivity contribution in [3.8, 4) is 11.4 Å². The average Bonchev–Trinajstić information content (AvgIpc) is 3.08. The number of hydrogen-bond donors (Lipinski definition) is 1. The summed E-state index contributed by atoms with van der Waals surface area (Å²) in [6, 6.07) is 15.6. The molecule has 136 valence electrons. The molecule has 0 fully saturated rings. The summed E-state index contributed by atoms with van der Waals surface area (Å²) in [6.07, 6.45) is 3.25. The van der Waals surface area contributed by atoms with Gasteiger partial charge in [-0.2, -0.15) is 0 Å². The van der Waals surface area contributed by atoms with Crippen LogP contribution in [0, 0.1) is 0 Å². The van der Waals surface area contributed by atoms with E-state index in [9.17, 15) is 8.42 Å². The lowest BCUT2D eigenvalue weighted by atomic mass is 10.2. The maximum atomic E-state index is 13.3. The zero-order valence-corrected chi connectivity index (χ0v) is 15.4. The highest BCUT2D eigenvalue weighted by Crippen LogP contribution is 2.32. The molecule has 3 aromatic heterocycles. The lowest BCUT2D eigenvalue weighted by Crippen LogP contribution is -2.07. The maximum Gasteiger partial charge on any atom is 0.214 e. The van der Waals surface area contributed by atoms with Crippen LogP contribution in [0.1, 0.15) is 6.92 Å². The second-order valence-corrected chi connectivity index (χ2v) is 7.69. The largest absolute Gasteiger partial charge is 0.368 e. The van der Waals surface area contributed by atoms with E-state index < -0.39 is 9.84 Å². The molecule has 7 nitrogen and oxygen atoms in total. The van der Waals surface area contributed by atoms with E-state index in [0.29, 0.717) is 17.9 Å². The van der Waals surface area contributed by atoms with Crippen LogP contribution in [0.25, 0.3) is 17.0 Å². The first kappa shape index (κ1) is 17.2. The number of pyridine rings is 1. The van der Waals surface area contributed by atoms with Crippen molar-refractivity contribution in [3.05, 3.63) is 67.0 Å². The second kappa shape index (κ2) is 6.81. The molecule has 0 aliphatic rings. The van der Waals surface area contributed by atoms with Gasteiger partial charge in [0, 0.05) is 18.9 Å². The molecule has 0 aliphatic heterocycles. The highest BCUT2D eigenvalue weighted by Gasteiger charge is 2.29. The lowest BCUT2D eigenvalue weighted by molar-refractivity contribution is 0.597. The maximum absolute atomic E-state index is 13.3. The molecule has 4 rings (SSSR count). The zero-order valence-electron chi connectivity index (χ0n) is 14.6. The summed E-state index contributed by atoms with van der Waals surface area (Å²) < 4.78 is 28.1. The number of nitrogens with one attached hydrogen (secondary N) is 1. The second-order valence-electron chi connectivity index (χ2n) is 5.81. The summed E-state index contributed by atoms with van der Waals surface area (Å²) >= 11 is 0. The third kappa shape index (κ3) is 2.93.